The molecule has 0 aliphatic carbocycles. The van der Waals surface area contributed by atoms with Crippen molar-refractivity contribution < 1.29 is 0 Å². The maximum Gasteiger partial charge on any atom is 0.0924 e. The van der Waals surface area contributed by atoms with E-state index in [-0.39, 0.29) is 6.04 Å². The molecule has 1 N–H and O–H groups in total. The third-order valence-corrected chi connectivity index (χ3v) is 2.62. The molecule has 0 fully saturated rings. The molecule has 94 valence electrons. The fourth-order valence-electron chi connectivity index (χ4n) is 1.79. The van der Waals surface area contributed by atoms with Gasteiger partial charge in [-0.3, -0.25) is 0 Å². The van der Waals surface area contributed by atoms with Crippen LogP contribution in [0, 0.1) is 11.3 Å². The number of rotatable bonds is 10. The summed E-state index contributed by atoms with van der Waals surface area (Å²) in [5, 5.41) is 11.8. The zero-order valence-electron chi connectivity index (χ0n) is 11.1. The van der Waals surface area contributed by atoms with Gasteiger partial charge in [-0.05, 0) is 58.8 Å². The predicted octanol–water partition coefficient (Wildman–Crippen LogP) is 2.39. The third kappa shape index (κ3) is 8.70. The molecule has 0 aliphatic rings. The Labute approximate surface area is 101 Å². The summed E-state index contributed by atoms with van der Waals surface area (Å²) < 4.78 is 0. The number of nitrogens with one attached hydrogen (secondary N) is 1. The summed E-state index contributed by atoms with van der Waals surface area (Å²) in [7, 11) is 0. The number of nitrogens with zero attached hydrogens (tertiary/aromatic N) is 2. The lowest BCUT2D eigenvalue weighted by Crippen LogP contribution is -2.28. The Morgan fingerprint density at radius 3 is 2.25 bits per heavy atom. The van der Waals surface area contributed by atoms with Gasteiger partial charge in [0.15, 0.2) is 0 Å². The predicted molar refractivity (Wildman–Crippen MR) is 69.3 cm³/mol. The van der Waals surface area contributed by atoms with Crippen LogP contribution in [0.25, 0.3) is 0 Å². The lowest BCUT2D eigenvalue weighted by Gasteiger charge is -2.20. The van der Waals surface area contributed by atoms with Crippen molar-refractivity contribution in [2.24, 2.45) is 0 Å². The van der Waals surface area contributed by atoms with Crippen LogP contribution in [-0.4, -0.2) is 37.1 Å². The highest BCUT2D eigenvalue weighted by Gasteiger charge is 2.02. The van der Waals surface area contributed by atoms with Crippen molar-refractivity contribution >= 4 is 0 Å². The van der Waals surface area contributed by atoms with Crippen molar-refractivity contribution in [2.45, 2.75) is 52.5 Å². The molecule has 0 saturated carbocycles. The first-order chi connectivity index (χ1) is 7.74. The van der Waals surface area contributed by atoms with Crippen molar-refractivity contribution in [3.05, 3.63) is 0 Å². The Kier molecular flexibility index (Phi) is 10.5. The van der Waals surface area contributed by atoms with Gasteiger partial charge in [0.05, 0.1) is 12.1 Å². The maximum absolute atomic E-state index is 8.60. The Bertz CT molecular complexity index is 180. The Morgan fingerprint density at radius 1 is 1.12 bits per heavy atom. The summed E-state index contributed by atoms with van der Waals surface area (Å²) in [6, 6.07) is 2.17. The zero-order chi connectivity index (χ0) is 12.2. The number of nitriles is 1. The summed E-state index contributed by atoms with van der Waals surface area (Å²) in [5.74, 6) is 0. The Hall–Kier alpha value is -0.590. The quantitative estimate of drug-likeness (QED) is 0.580. The maximum atomic E-state index is 8.60. The van der Waals surface area contributed by atoms with Crippen molar-refractivity contribution in [3.63, 3.8) is 0 Å². The third-order valence-electron chi connectivity index (χ3n) is 2.62. The minimum atomic E-state index is -0.0117. The van der Waals surface area contributed by atoms with Gasteiger partial charge in [0.2, 0.25) is 0 Å². The van der Waals surface area contributed by atoms with Gasteiger partial charge in [0, 0.05) is 0 Å². The first-order valence-electron chi connectivity index (χ1n) is 6.59. The van der Waals surface area contributed by atoms with Crippen LogP contribution in [0.4, 0.5) is 0 Å². The van der Waals surface area contributed by atoms with E-state index in [1.165, 1.54) is 38.9 Å². The SMILES string of the molecule is CCCN(CCC)CCCCNC(C)C#N. The lowest BCUT2D eigenvalue weighted by molar-refractivity contribution is 0.268. The van der Waals surface area contributed by atoms with Crippen molar-refractivity contribution in [1.82, 2.24) is 10.2 Å². The molecule has 0 saturated heterocycles. The number of hydrogen-bond donors (Lipinski definition) is 1. The van der Waals surface area contributed by atoms with E-state index in [4.69, 9.17) is 5.26 Å². The molecule has 0 bridgehead atoms. The van der Waals surface area contributed by atoms with Crippen LogP contribution in [0.3, 0.4) is 0 Å². The highest BCUT2D eigenvalue weighted by molar-refractivity contribution is 4.84. The Morgan fingerprint density at radius 2 is 1.75 bits per heavy atom. The first kappa shape index (κ1) is 15.4. The molecule has 3 nitrogen and oxygen atoms in total. The standard InChI is InChI=1S/C13H27N3/c1-4-9-16(10-5-2)11-7-6-8-15-13(3)12-14/h13,15H,4-11H2,1-3H3. The first-order valence-corrected chi connectivity index (χ1v) is 6.59. The molecule has 0 amide bonds. The smallest absolute Gasteiger partial charge is 0.0924 e. The molecule has 1 atom stereocenters. The number of hydrogen-bond acceptors (Lipinski definition) is 3. The van der Waals surface area contributed by atoms with Gasteiger partial charge in [-0.15, -0.1) is 0 Å². The Balaban J connectivity index is 3.43. The molecule has 1 unspecified atom stereocenters. The van der Waals surface area contributed by atoms with Crippen LogP contribution >= 0.6 is 0 Å². The van der Waals surface area contributed by atoms with E-state index in [0.29, 0.717) is 0 Å². The monoisotopic (exact) mass is 225 g/mol. The van der Waals surface area contributed by atoms with Gasteiger partial charge < -0.3 is 10.2 Å². The van der Waals surface area contributed by atoms with E-state index in [9.17, 15) is 0 Å². The van der Waals surface area contributed by atoms with Crippen molar-refractivity contribution in [1.29, 1.82) is 5.26 Å². The average molecular weight is 225 g/mol. The normalized spacial score (nSPS) is 12.7. The van der Waals surface area contributed by atoms with Crippen molar-refractivity contribution in [2.75, 3.05) is 26.2 Å². The minimum Gasteiger partial charge on any atom is -0.303 e. The van der Waals surface area contributed by atoms with E-state index in [1.54, 1.807) is 0 Å². The zero-order valence-corrected chi connectivity index (χ0v) is 11.1. The summed E-state index contributed by atoms with van der Waals surface area (Å²) in [5.41, 5.74) is 0. The summed E-state index contributed by atoms with van der Waals surface area (Å²) in [4.78, 5) is 2.54. The van der Waals surface area contributed by atoms with E-state index >= 15 is 0 Å². The minimum absolute atomic E-state index is 0.0117. The molecule has 0 rings (SSSR count). The van der Waals surface area contributed by atoms with E-state index in [2.05, 4.69) is 30.1 Å². The van der Waals surface area contributed by atoms with Gasteiger partial charge >= 0.3 is 0 Å². The van der Waals surface area contributed by atoms with E-state index in [0.717, 1.165) is 13.0 Å². The van der Waals surface area contributed by atoms with Crippen LogP contribution in [0.1, 0.15) is 46.5 Å². The fourth-order valence-corrected chi connectivity index (χ4v) is 1.79. The van der Waals surface area contributed by atoms with Gasteiger partial charge in [0.25, 0.3) is 0 Å². The average Bonchev–Trinajstić information content (AvgIpc) is 2.28. The van der Waals surface area contributed by atoms with Crippen LogP contribution in [-0.2, 0) is 0 Å². The van der Waals surface area contributed by atoms with Gasteiger partial charge in [-0.2, -0.15) is 5.26 Å². The summed E-state index contributed by atoms with van der Waals surface area (Å²) in [6.07, 6.45) is 4.87. The van der Waals surface area contributed by atoms with Gasteiger partial charge in [0.1, 0.15) is 0 Å². The molecule has 0 spiro atoms. The van der Waals surface area contributed by atoms with Crippen LogP contribution in [0.15, 0.2) is 0 Å². The second kappa shape index (κ2) is 10.9. The molecular formula is C13H27N3. The largest absolute Gasteiger partial charge is 0.303 e. The molecule has 0 aromatic heterocycles. The molecular weight excluding hydrogens is 198 g/mol. The highest BCUT2D eigenvalue weighted by atomic mass is 15.1. The second-order valence-electron chi connectivity index (χ2n) is 4.35. The second-order valence-corrected chi connectivity index (χ2v) is 4.35. The highest BCUT2D eigenvalue weighted by Crippen LogP contribution is 1.98. The molecule has 3 heteroatoms. The van der Waals surface area contributed by atoms with E-state index < -0.39 is 0 Å². The molecule has 16 heavy (non-hydrogen) atoms. The summed E-state index contributed by atoms with van der Waals surface area (Å²) in [6.45, 7) is 11.0. The van der Waals surface area contributed by atoms with Crippen LogP contribution < -0.4 is 5.32 Å². The molecule has 0 aromatic rings. The molecule has 0 radical (unpaired) electrons. The molecule has 0 aromatic carbocycles. The molecule has 0 heterocycles. The van der Waals surface area contributed by atoms with Crippen LogP contribution in [0.2, 0.25) is 0 Å². The topological polar surface area (TPSA) is 39.1 Å². The van der Waals surface area contributed by atoms with Crippen LogP contribution in [0.5, 0.6) is 0 Å². The molecule has 0 aliphatic heterocycles. The lowest BCUT2D eigenvalue weighted by atomic mass is 10.2. The van der Waals surface area contributed by atoms with E-state index in [1.807, 2.05) is 6.92 Å². The number of unbranched alkanes of at least 4 members (excludes halogenated alkanes) is 1. The van der Waals surface area contributed by atoms with Crippen molar-refractivity contribution in [3.8, 4) is 6.07 Å². The summed E-state index contributed by atoms with van der Waals surface area (Å²) >= 11 is 0. The van der Waals surface area contributed by atoms with Gasteiger partial charge in [-0.1, -0.05) is 13.8 Å². The fraction of sp³-hybridized carbons (Fsp3) is 0.923. The van der Waals surface area contributed by atoms with Gasteiger partial charge in [-0.25, -0.2) is 0 Å².